The molecule has 0 spiro atoms. The summed E-state index contributed by atoms with van der Waals surface area (Å²) in [6.45, 7) is 17.9. The molecule has 6 heteroatoms. The van der Waals surface area contributed by atoms with E-state index in [9.17, 15) is 9.59 Å². The number of carbonyl (C=O) groups is 2. The summed E-state index contributed by atoms with van der Waals surface area (Å²) in [7, 11) is -2.26. The molecule has 0 aromatic rings. The van der Waals surface area contributed by atoms with Crippen molar-refractivity contribution in [3.05, 3.63) is 12.7 Å². The van der Waals surface area contributed by atoms with Gasteiger partial charge in [0.25, 0.3) is 0 Å². The van der Waals surface area contributed by atoms with Gasteiger partial charge in [-0.3, -0.25) is 4.79 Å². The predicted octanol–water partition coefficient (Wildman–Crippen LogP) is 3.70. The highest BCUT2D eigenvalue weighted by molar-refractivity contribution is 6.74. The lowest BCUT2D eigenvalue weighted by molar-refractivity contribution is -0.164. The highest BCUT2D eigenvalue weighted by atomic mass is 28.4. The predicted molar refractivity (Wildman–Crippen MR) is 93.6 cm³/mol. The van der Waals surface area contributed by atoms with Gasteiger partial charge in [0.1, 0.15) is 0 Å². The van der Waals surface area contributed by atoms with E-state index in [1.807, 2.05) is 13.1 Å². The third-order valence-electron chi connectivity index (χ3n) is 4.12. The molecule has 0 bridgehead atoms. The summed E-state index contributed by atoms with van der Waals surface area (Å²) < 4.78 is 16.5. The molecule has 0 unspecified atom stereocenters. The van der Waals surface area contributed by atoms with Gasteiger partial charge in [0.15, 0.2) is 14.4 Å². The van der Waals surface area contributed by atoms with Crippen molar-refractivity contribution in [1.29, 1.82) is 0 Å². The van der Waals surface area contributed by atoms with Crippen LogP contribution in [0.3, 0.4) is 0 Å². The number of carbonyl (C=O) groups excluding carboxylic acids is 2. The molecule has 0 aliphatic rings. The molecule has 0 aliphatic heterocycles. The van der Waals surface area contributed by atoms with Crippen LogP contribution in [0.15, 0.2) is 12.7 Å². The van der Waals surface area contributed by atoms with Gasteiger partial charge in [-0.05, 0) is 38.4 Å². The SMILES string of the molecule is C=CC[C@H](C(=O)OCC)[C@@H](O[Si](C)(C)C(C)(C)C)C(=O)OCC. The molecule has 0 saturated heterocycles. The van der Waals surface area contributed by atoms with Crippen molar-refractivity contribution >= 4 is 20.3 Å². The molecule has 2 atom stereocenters. The van der Waals surface area contributed by atoms with Crippen LogP contribution in [0.1, 0.15) is 41.0 Å². The van der Waals surface area contributed by atoms with Crippen LogP contribution in [-0.4, -0.2) is 39.6 Å². The molecule has 0 heterocycles. The first kappa shape index (κ1) is 21.9. The van der Waals surface area contributed by atoms with Crippen molar-refractivity contribution < 1.29 is 23.5 Å². The first-order valence-corrected chi connectivity index (χ1v) is 11.0. The fraction of sp³-hybridized carbons (Fsp3) is 0.765. The zero-order valence-electron chi connectivity index (χ0n) is 15.6. The molecule has 0 N–H and O–H groups in total. The van der Waals surface area contributed by atoms with E-state index >= 15 is 0 Å². The van der Waals surface area contributed by atoms with Gasteiger partial charge in [-0.15, -0.1) is 6.58 Å². The minimum atomic E-state index is -2.26. The molecule has 5 nitrogen and oxygen atoms in total. The molecule has 134 valence electrons. The minimum Gasteiger partial charge on any atom is -0.466 e. The maximum atomic E-state index is 12.4. The van der Waals surface area contributed by atoms with Crippen molar-refractivity contribution in [3.8, 4) is 0 Å². The largest absolute Gasteiger partial charge is 0.466 e. The average molecular weight is 345 g/mol. The van der Waals surface area contributed by atoms with Crippen LogP contribution in [-0.2, 0) is 23.5 Å². The summed E-state index contributed by atoms with van der Waals surface area (Å²) in [4.78, 5) is 24.7. The molecule has 0 fully saturated rings. The van der Waals surface area contributed by atoms with E-state index in [1.54, 1.807) is 19.9 Å². The van der Waals surface area contributed by atoms with Gasteiger partial charge in [-0.1, -0.05) is 26.8 Å². The molecule has 0 saturated carbocycles. The van der Waals surface area contributed by atoms with Gasteiger partial charge in [0, 0.05) is 0 Å². The number of hydrogen-bond donors (Lipinski definition) is 0. The number of esters is 2. The molecule has 0 amide bonds. The summed E-state index contributed by atoms with van der Waals surface area (Å²) in [5.41, 5.74) is 0. The van der Waals surface area contributed by atoms with Crippen molar-refractivity contribution in [1.82, 2.24) is 0 Å². The number of ether oxygens (including phenoxy) is 2. The second-order valence-electron chi connectivity index (χ2n) is 6.93. The molecule has 0 aromatic carbocycles. The third-order valence-corrected chi connectivity index (χ3v) is 8.58. The summed E-state index contributed by atoms with van der Waals surface area (Å²) in [6.07, 6.45) is 0.938. The lowest BCUT2D eigenvalue weighted by Gasteiger charge is -2.39. The Morgan fingerprint density at radius 2 is 1.57 bits per heavy atom. The van der Waals surface area contributed by atoms with E-state index in [0.29, 0.717) is 6.42 Å². The topological polar surface area (TPSA) is 61.8 Å². The van der Waals surface area contributed by atoms with Gasteiger partial charge in [0.05, 0.1) is 19.1 Å². The number of allylic oxidation sites excluding steroid dienone is 1. The van der Waals surface area contributed by atoms with Crippen LogP contribution in [0.2, 0.25) is 18.1 Å². The lowest BCUT2D eigenvalue weighted by Crippen LogP contribution is -2.50. The molecule has 0 aliphatic carbocycles. The fourth-order valence-corrected chi connectivity index (χ4v) is 3.03. The quantitative estimate of drug-likeness (QED) is 0.362. The summed E-state index contributed by atoms with van der Waals surface area (Å²) in [6, 6.07) is 0. The Morgan fingerprint density at radius 1 is 1.09 bits per heavy atom. The normalized spacial score (nSPS) is 14.7. The minimum absolute atomic E-state index is 0.0921. The second-order valence-corrected chi connectivity index (χ2v) is 11.7. The molecule has 23 heavy (non-hydrogen) atoms. The van der Waals surface area contributed by atoms with Crippen molar-refractivity contribution in [3.63, 3.8) is 0 Å². The molecule has 0 rings (SSSR count). The zero-order chi connectivity index (χ0) is 18.3. The smallest absolute Gasteiger partial charge is 0.334 e. The number of rotatable bonds is 9. The van der Waals surface area contributed by atoms with Crippen LogP contribution in [0.5, 0.6) is 0 Å². The zero-order valence-corrected chi connectivity index (χ0v) is 16.6. The Bertz CT molecular complexity index is 412. The van der Waals surface area contributed by atoms with Crippen LogP contribution in [0, 0.1) is 5.92 Å². The summed E-state index contributed by atoms with van der Waals surface area (Å²) in [5, 5.41) is -0.0921. The van der Waals surface area contributed by atoms with E-state index in [1.165, 1.54) is 0 Å². The highest BCUT2D eigenvalue weighted by Crippen LogP contribution is 2.38. The summed E-state index contributed by atoms with van der Waals surface area (Å²) >= 11 is 0. The van der Waals surface area contributed by atoms with Crippen LogP contribution in [0.25, 0.3) is 0 Å². The van der Waals surface area contributed by atoms with E-state index in [0.717, 1.165) is 0 Å². The Morgan fingerprint density at radius 3 is 1.96 bits per heavy atom. The van der Waals surface area contributed by atoms with Gasteiger partial charge in [-0.2, -0.15) is 0 Å². The van der Waals surface area contributed by atoms with Gasteiger partial charge < -0.3 is 13.9 Å². The maximum absolute atomic E-state index is 12.4. The average Bonchev–Trinajstić information content (AvgIpc) is 2.41. The number of hydrogen-bond acceptors (Lipinski definition) is 5. The molecule has 0 aromatic heterocycles. The third kappa shape index (κ3) is 6.47. The molecular formula is C17H32O5Si. The van der Waals surface area contributed by atoms with Crippen molar-refractivity contribution in [2.75, 3.05) is 13.2 Å². The maximum Gasteiger partial charge on any atom is 0.334 e. The fourth-order valence-electron chi connectivity index (χ4n) is 1.79. The first-order chi connectivity index (χ1) is 10.5. The Labute approximate surface area is 141 Å². The molecule has 0 radical (unpaired) electrons. The van der Waals surface area contributed by atoms with E-state index in [2.05, 4.69) is 27.4 Å². The Kier molecular flexibility index (Phi) is 8.77. The lowest BCUT2D eigenvalue weighted by atomic mass is 9.99. The highest BCUT2D eigenvalue weighted by Gasteiger charge is 2.45. The standard InChI is InChI=1S/C17H32O5Si/c1-9-12-13(15(18)20-10-2)14(16(19)21-11-3)22-23(7,8)17(4,5)6/h9,13-14H,1,10-12H2,2-8H3/t13-,14+/m0/s1. The first-order valence-electron chi connectivity index (χ1n) is 8.13. The second kappa shape index (κ2) is 9.23. The van der Waals surface area contributed by atoms with Crippen molar-refractivity contribution in [2.45, 2.75) is 65.3 Å². The monoisotopic (exact) mass is 344 g/mol. The van der Waals surface area contributed by atoms with Gasteiger partial charge in [-0.25, -0.2) is 4.79 Å². The Hall–Kier alpha value is -1.14. The van der Waals surface area contributed by atoms with E-state index in [4.69, 9.17) is 13.9 Å². The van der Waals surface area contributed by atoms with Crippen LogP contribution in [0.4, 0.5) is 0 Å². The summed E-state index contributed by atoms with van der Waals surface area (Å²) in [5.74, 6) is -1.71. The van der Waals surface area contributed by atoms with Gasteiger partial charge >= 0.3 is 11.9 Å². The van der Waals surface area contributed by atoms with E-state index < -0.39 is 32.3 Å². The van der Waals surface area contributed by atoms with E-state index in [-0.39, 0.29) is 18.3 Å². The van der Waals surface area contributed by atoms with Gasteiger partial charge in [0.2, 0.25) is 0 Å². The molecular weight excluding hydrogens is 312 g/mol. The Balaban J connectivity index is 5.60. The van der Waals surface area contributed by atoms with Crippen LogP contribution >= 0.6 is 0 Å². The van der Waals surface area contributed by atoms with Crippen molar-refractivity contribution in [2.24, 2.45) is 5.92 Å². The van der Waals surface area contributed by atoms with Crippen LogP contribution < -0.4 is 0 Å².